The SMILES string of the molecule is N#Cc1ccc(-c2cnc(CNc3ccccc3)[nH]2)cc1. The zero-order valence-corrected chi connectivity index (χ0v) is 11.4. The number of nitrogens with one attached hydrogen (secondary N) is 2. The summed E-state index contributed by atoms with van der Waals surface area (Å²) >= 11 is 0. The van der Waals surface area contributed by atoms with Gasteiger partial charge in [-0.25, -0.2) is 4.98 Å². The van der Waals surface area contributed by atoms with Gasteiger partial charge in [0.05, 0.1) is 30.1 Å². The van der Waals surface area contributed by atoms with E-state index in [1.54, 1.807) is 12.1 Å². The van der Waals surface area contributed by atoms with E-state index >= 15 is 0 Å². The topological polar surface area (TPSA) is 64.5 Å². The summed E-state index contributed by atoms with van der Waals surface area (Å²) < 4.78 is 0. The van der Waals surface area contributed by atoms with E-state index in [0.29, 0.717) is 12.1 Å². The molecule has 0 radical (unpaired) electrons. The Morgan fingerprint density at radius 1 is 1.05 bits per heavy atom. The molecule has 4 heteroatoms. The van der Waals surface area contributed by atoms with E-state index in [4.69, 9.17) is 5.26 Å². The second-order valence-electron chi connectivity index (χ2n) is 4.65. The molecule has 2 N–H and O–H groups in total. The maximum absolute atomic E-state index is 8.80. The highest BCUT2D eigenvalue weighted by molar-refractivity contribution is 5.59. The van der Waals surface area contributed by atoms with Crippen LogP contribution in [0.25, 0.3) is 11.3 Å². The highest BCUT2D eigenvalue weighted by Gasteiger charge is 2.03. The minimum absolute atomic E-state index is 0.639. The molecule has 0 bridgehead atoms. The molecule has 0 saturated heterocycles. The van der Waals surface area contributed by atoms with Gasteiger partial charge in [0.15, 0.2) is 0 Å². The fourth-order valence-electron chi connectivity index (χ4n) is 2.07. The van der Waals surface area contributed by atoms with Gasteiger partial charge in [-0.3, -0.25) is 0 Å². The van der Waals surface area contributed by atoms with E-state index in [2.05, 4.69) is 21.4 Å². The molecule has 0 aliphatic carbocycles. The molecule has 0 saturated carbocycles. The number of aromatic nitrogens is 2. The molecular formula is C17H14N4. The number of para-hydroxylation sites is 1. The van der Waals surface area contributed by atoms with Crippen molar-refractivity contribution < 1.29 is 0 Å². The molecule has 0 atom stereocenters. The molecule has 4 nitrogen and oxygen atoms in total. The van der Waals surface area contributed by atoms with Crippen LogP contribution in [-0.4, -0.2) is 9.97 Å². The van der Waals surface area contributed by atoms with Crippen LogP contribution in [0.5, 0.6) is 0 Å². The lowest BCUT2D eigenvalue weighted by atomic mass is 10.1. The maximum Gasteiger partial charge on any atom is 0.125 e. The minimum atomic E-state index is 0.639. The zero-order chi connectivity index (χ0) is 14.5. The Balaban J connectivity index is 1.69. The van der Waals surface area contributed by atoms with Gasteiger partial charge in [-0.2, -0.15) is 5.26 Å². The van der Waals surface area contributed by atoms with Crippen LogP contribution in [0.4, 0.5) is 5.69 Å². The highest BCUT2D eigenvalue weighted by atomic mass is 15.0. The average molecular weight is 274 g/mol. The van der Waals surface area contributed by atoms with Gasteiger partial charge in [0.25, 0.3) is 0 Å². The van der Waals surface area contributed by atoms with Crippen molar-refractivity contribution in [3.63, 3.8) is 0 Å². The van der Waals surface area contributed by atoms with E-state index in [1.807, 2.05) is 48.7 Å². The molecule has 0 fully saturated rings. The number of nitrogens with zero attached hydrogens (tertiary/aromatic N) is 2. The fourth-order valence-corrected chi connectivity index (χ4v) is 2.07. The van der Waals surface area contributed by atoms with Crippen molar-refractivity contribution in [2.24, 2.45) is 0 Å². The molecule has 3 aromatic rings. The largest absolute Gasteiger partial charge is 0.378 e. The molecule has 1 heterocycles. The van der Waals surface area contributed by atoms with Crippen LogP contribution in [0, 0.1) is 11.3 Å². The molecule has 21 heavy (non-hydrogen) atoms. The van der Waals surface area contributed by atoms with Crippen LogP contribution in [-0.2, 0) is 6.54 Å². The van der Waals surface area contributed by atoms with Crippen LogP contribution in [0.3, 0.4) is 0 Å². The predicted octanol–water partition coefficient (Wildman–Crippen LogP) is 3.56. The molecular weight excluding hydrogens is 260 g/mol. The monoisotopic (exact) mass is 274 g/mol. The summed E-state index contributed by atoms with van der Waals surface area (Å²) in [5.41, 5.74) is 3.69. The van der Waals surface area contributed by atoms with Crippen LogP contribution in [0.15, 0.2) is 60.8 Å². The first kappa shape index (κ1) is 12.9. The van der Waals surface area contributed by atoms with Gasteiger partial charge in [-0.05, 0) is 29.8 Å². The van der Waals surface area contributed by atoms with Crippen molar-refractivity contribution >= 4 is 5.69 Å². The lowest BCUT2D eigenvalue weighted by Crippen LogP contribution is -2.00. The number of anilines is 1. The van der Waals surface area contributed by atoms with Crippen molar-refractivity contribution in [2.75, 3.05) is 5.32 Å². The maximum atomic E-state index is 8.80. The molecule has 2 aromatic carbocycles. The lowest BCUT2D eigenvalue weighted by molar-refractivity contribution is 1.00. The molecule has 1 aromatic heterocycles. The van der Waals surface area contributed by atoms with Gasteiger partial charge in [-0.15, -0.1) is 0 Å². The number of nitriles is 1. The molecule has 0 aliphatic heterocycles. The molecule has 0 amide bonds. The van der Waals surface area contributed by atoms with E-state index in [9.17, 15) is 0 Å². The first-order valence-electron chi connectivity index (χ1n) is 6.68. The van der Waals surface area contributed by atoms with E-state index in [0.717, 1.165) is 22.8 Å². The predicted molar refractivity (Wildman–Crippen MR) is 82.5 cm³/mol. The Morgan fingerprint density at radius 2 is 1.81 bits per heavy atom. The Kier molecular flexibility index (Phi) is 3.66. The normalized spacial score (nSPS) is 10.0. The number of imidazole rings is 1. The van der Waals surface area contributed by atoms with Crippen LogP contribution >= 0.6 is 0 Å². The van der Waals surface area contributed by atoms with Gasteiger partial charge < -0.3 is 10.3 Å². The number of rotatable bonds is 4. The highest BCUT2D eigenvalue weighted by Crippen LogP contribution is 2.18. The van der Waals surface area contributed by atoms with Gasteiger partial charge in [0, 0.05) is 5.69 Å². The fraction of sp³-hybridized carbons (Fsp3) is 0.0588. The van der Waals surface area contributed by atoms with Gasteiger partial charge >= 0.3 is 0 Å². The number of benzene rings is 2. The van der Waals surface area contributed by atoms with Crippen molar-refractivity contribution in [1.29, 1.82) is 5.26 Å². The van der Waals surface area contributed by atoms with E-state index in [1.165, 1.54) is 0 Å². The van der Waals surface area contributed by atoms with Crippen molar-refractivity contribution in [3.8, 4) is 17.3 Å². The summed E-state index contributed by atoms with van der Waals surface area (Å²) in [6, 6.07) is 19.6. The molecule has 0 aliphatic rings. The third kappa shape index (κ3) is 3.10. The Bertz CT molecular complexity index is 751. The van der Waals surface area contributed by atoms with Gasteiger partial charge in [-0.1, -0.05) is 30.3 Å². The van der Waals surface area contributed by atoms with Crippen LogP contribution in [0.1, 0.15) is 11.4 Å². The van der Waals surface area contributed by atoms with Crippen LogP contribution < -0.4 is 5.32 Å². The van der Waals surface area contributed by atoms with Crippen molar-refractivity contribution in [2.45, 2.75) is 6.54 Å². The Hall–Kier alpha value is -3.06. The first-order chi connectivity index (χ1) is 10.3. The van der Waals surface area contributed by atoms with Gasteiger partial charge in [0.2, 0.25) is 0 Å². The number of H-pyrrole nitrogens is 1. The summed E-state index contributed by atoms with van der Waals surface area (Å²) in [6.07, 6.45) is 1.81. The van der Waals surface area contributed by atoms with Crippen molar-refractivity contribution in [3.05, 3.63) is 72.2 Å². The minimum Gasteiger partial charge on any atom is -0.378 e. The molecule has 0 unspecified atom stereocenters. The van der Waals surface area contributed by atoms with Crippen molar-refractivity contribution in [1.82, 2.24) is 9.97 Å². The lowest BCUT2D eigenvalue weighted by Gasteiger charge is -2.03. The quantitative estimate of drug-likeness (QED) is 0.764. The Labute approximate surface area is 123 Å². The summed E-state index contributed by atoms with van der Waals surface area (Å²) in [4.78, 5) is 7.65. The smallest absolute Gasteiger partial charge is 0.125 e. The molecule has 102 valence electrons. The van der Waals surface area contributed by atoms with Crippen LogP contribution in [0.2, 0.25) is 0 Å². The molecule has 0 spiro atoms. The second-order valence-corrected chi connectivity index (χ2v) is 4.65. The van der Waals surface area contributed by atoms with Gasteiger partial charge in [0.1, 0.15) is 5.82 Å². The summed E-state index contributed by atoms with van der Waals surface area (Å²) in [7, 11) is 0. The third-order valence-electron chi connectivity index (χ3n) is 3.19. The standard InChI is InChI=1S/C17H14N4/c18-10-13-6-8-14(9-7-13)16-11-20-17(21-16)12-19-15-4-2-1-3-5-15/h1-9,11,19H,12H2,(H,20,21). The number of hydrogen-bond acceptors (Lipinski definition) is 3. The molecule has 3 rings (SSSR count). The summed E-state index contributed by atoms with van der Waals surface area (Å²) in [5, 5.41) is 12.1. The average Bonchev–Trinajstić information content (AvgIpc) is 3.03. The summed E-state index contributed by atoms with van der Waals surface area (Å²) in [6.45, 7) is 0.639. The Morgan fingerprint density at radius 3 is 2.52 bits per heavy atom. The second kappa shape index (κ2) is 5.93. The van der Waals surface area contributed by atoms with E-state index in [-0.39, 0.29) is 0 Å². The number of hydrogen-bond donors (Lipinski definition) is 2. The third-order valence-corrected chi connectivity index (χ3v) is 3.19. The number of aromatic amines is 1. The zero-order valence-electron chi connectivity index (χ0n) is 11.4. The summed E-state index contributed by atoms with van der Waals surface area (Å²) in [5.74, 6) is 0.873. The first-order valence-corrected chi connectivity index (χ1v) is 6.68. The van der Waals surface area contributed by atoms with E-state index < -0.39 is 0 Å².